The normalized spacial score (nSPS) is 13.9. The number of unbranched alkanes of at least 4 members (excludes halogenated alkanes) is 1. The molecular formula is C25H32N6O3. The Morgan fingerprint density at radius 1 is 1.21 bits per heavy atom. The standard InChI is InChI=1S/C25H32N6O3/c1-34-31(15-5-4-8-19-12-11-18-7-6-14-26-23(18)29-19)16-13-22(25(32)33)30-24-20-9-2-3-10-21(20)27-17-28-24/h2-3,9-12,17,22H,4-8,13-16H2,1H3,(H,26,29)(H,32,33)(H,27,28,30). The molecule has 0 saturated carbocycles. The Morgan fingerprint density at radius 2 is 2.09 bits per heavy atom. The lowest BCUT2D eigenvalue weighted by Gasteiger charge is -2.22. The summed E-state index contributed by atoms with van der Waals surface area (Å²) in [6, 6.07) is 11.1. The Labute approximate surface area is 199 Å². The molecule has 1 unspecified atom stereocenters. The van der Waals surface area contributed by atoms with Crippen LogP contribution in [0.4, 0.5) is 11.6 Å². The molecule has 3 aromatic rings. The minimum absolute atomic E-state index is 0.375. The number of benzene rings is 1. The first kappa shape index (κ1) is 23.8. The van der Waals surface area contributed by atoms with Crippen LogP contribution in [0.25, 0.3) is 10.9 Å². The molecule has 0 radical (unpaired) electrons. The van der Waals surface area contributed by atoms with Crippen LogP contribution in [0, 0.1) is 0 Å². The Kier molecular flexibility index (Phi) is 8.21. The molecule has 1 aromatic carbocycles. The van der Waals surface area contributed by atoms with Crippen LogP contribution < -0.4 is 10.6 Å². The Balaban J connectivity index is 1.25. The molecule has 3 N–H and O–H groups in total. The van der Waals surface area contributed by atoms with Gasteiger partial charge >= 0.3 is 5.97 Å². The number of para-hydroxylation sites is 1. The van der Waals surface area contributed by atoms with E-state index < -0.39 is 12.0 Å². The van der Waals surface area contributed by atoms with Gasteiger partial charge in [0.25, 0.3) is 0 Å². The number of carbonyl (C=O) groups is 1. The highest BCUT2D eigenvalue weighted by atomic mass is 16.7. The molecule has 1 atom stereocenters. The number of aromatic nitrogens is 3. The Morgan fingerprint density at radius 3 is 2.94 bits per heavy atom. The van der Waals surface area contributed by atoms with Crippen LogP contribution in [-0.2, 0) is 22.5 Å². The van der Waals surface area contributed by atoms with Crippen molar-refractivity contribution in [2.24, 2.45) is 0 Å². The molecule has 9 heteroatoms. The van der Waals surface area contributed by atoms with Gasteiger partial charge < -0.3 is 20.6 Å². The molecule has 0 fully saturated rings. The fraction of sp³-hybridized carbons (Fsp3) is 0.440. The van der Waals surface area contributed by atoms with Crippen molar-refractivity contribution in [2.45, 2.75) is 44.6 Å². The summed E-state index contributed by atoms with van der Waals surface area (Å²) in [5, 5.41) is 18.8. The first-order chi connectivity index (χ1) is 16.6. The first-order valence-corrected chi connectivity index (χ1v) is 11.8. The van der Waals surface area contributed by atoms with Crippen molar-refractivity contribution in [3.8, 4) is 0 Å². The Bertz CT molecular complexity index is 1100. The Hall–Kier alpha value is -3.30. The van der Waals surface area contributed by atoms with E-state index in [4.69, 9.17) is 9.82 Å². The zero-order valence-corrected chi connectivity index (χ0v) is 19.5. The zero-order chi connectivity index (χ0) is 23.8. The van der Waals surface area contributed by atoms with Crippen molar-refractivity contribution < 1.29 is 14.7 Å². The summed E-state index contributed by atoms with van der Waals surface area (Å²) in [5.74, 6) is 0.630. The van der Waals surface area contributed by atoms with E-state index in [1.165, 1.54) is 11.9 Å². The van der Waals surface area contributed by atoms with Crippen LogP contribution in [0.1, 0.15) is 36.9 Å². The summed E-state index contributed by atoms with van der Waals surface area (Å²) in [7, 11) is 1.62. The highest BCUT2D eigenvalue weighted by Gasteiger charge is 2.20. The lowest BCUT2D eigenvalue weighted by molar-refractivity contribution is -0.143. The van der Waals surface area contributed by atoms with Gasteiger partial charge in [0.1, 0.15) is 24.0 Å². The highest BCUT2D eigenvalue weighted by Crippen LogP contribution is 2.21. The summed E-state index contributed by atoms with van der Waals surface area (Å²) in [6.07, 6.45) is 6.90. The van der Waals surface area contributed by atoms with E-state index in [0.29, 0.717) is 18.8 Å². The predicted molar refractivity (Wildman–Crippen MR) is 132 cm³/mol. The number of nitrogens with one attached hydrogen (secondary N) is 2. The number of hydrogen-bond donors (Lipinski definition) is 3. The number of rotatable bonds is 12. The van der Waals surface area contributed by atoms with E-state index in [0.717, 1.165) is 67.6 Å². The number of carboxylic acid groups (broad SMARTS) is 1. The van der Waals surface area contributed by atoms with Gasteiger partial charge in [-0.1, -0.05) is 18.2 Å². The zero-order valence-electron chi connectivity index (χ0n) is 19.5. The van der Waals surface area contributed by atoms with Gasteiger partial charge in [0.05, 0.1) is 12.6 Å². The van der Waals surface area contributed by atoms with E-state index in [-0.39, 0.29) is 0 Å². The van der Waals surface area contributed by atoms with Crippen molar-refractivity contribution in [1.82, 2.24) is 20.0 Å². The second-order valence-corrected chi connectivity index (χ2v) is 8.47. The third-order valence-corrected chi connectivity index (χ3v) is 6.12. The number of hydrogen-bond acceptors (Lipinski definition) is 8. The van der Waals surface area contributed by atoms with Crippen LogP contribution >= 0.6 is 0 Å². The van der Waals surface area contributed by atoms with Crippen LogP contribution in [0.5, 0.6) is 0 Å². The molecule has 0 bridgehead atoms. The molecular weight excluding hydrogens is 432 g/mol. The smallest absolute Gasteiger partial charge is 0.326 e. The fourth-order valence-electron chi connectivity index (χ4n) is 4.21. The number of pyridine rings is 1. The molecule has 3 heterocycles. The van der Waals surface area contributed by atoms with Gasteiger partial charge in [-0.05, 0) is 62.3 Å². The quantitative estimate of drug-likeness (QED) is 0.274. The van der Waals surface area contributed by atoms with Crippen LogP contribution in [-0.4, -0.2) is 63.9 Å². The minimum atomic E-state index is -0.925. The maximum Gasteiger partial charge on any atom is 0.326 e. The van der Waals surface area contributed by atoms with Gasteiger partial charge in [0.15, 0.2) is 0 Å². The average Bonchev–Trinajstić information content (AvgIpc) is 2.87. The van der Waals surface area contributed by atoms with Gasteiger partial charge in [0, 0.05) is 30.7 Å². The summed E-state index contributed by atoms with van der Waals surface area (Å²) in [4.78, 5) is 30.6. The largest absolute Gasteiger partial charge is 0.480 e. The van der Waals surface area contributed by atoms with Crippen molar-refractivity contribution >= 4 is 28.5 Å². The maximum absolute atomic E-state index is 11.9. The third-order valence-electron chi connectivity index (χ3n) is 6.12. The number of fused-ring (bicyclic) bond motifs is 2. The van der Waals surface area contributed by atoms with Crippen molar-refractivity contribution in [2.75, 3.05) is 37.4 Å². The molecule has 1 aliphatic heterocycles. The van der Waals surface area contributed by atoms with Crippen molar-refractivity contribution in [1.29, 1.82) is 0 Å². The number of hydroxylamine groups is 2. The minimum Gasteiger partial charge on any atom is -0.480 e. The molecule has 180 valence electrons. The third kappa shape index (κ3) is 6.18. The molecule has 0 amide bonds. The number of carboxylic acids is 1. The number of nitrogens with zero attached hydrogens (tertiary/aromatic N) is 4. The van der Waals surface area contributed by atoms with Gasteiger partial charge in [0.2, 0.25) is 0 Å². The molecule has 0 aliphatic carbocycles. The molecule has 4 rings (SSSR count). The maximum atomic E-state index is 11.9. The van der Waals surface area contributed by atoms with Gasteiger partial charge in [-0.15, -0.1) is 0 Å². The van der Waals surface area contributed by atoms with Crippen LogP contribution in [0.15, 0.2) is 42.7 Å². The van der Waals surface area contributed by atoms with Gasteiger partial charge in [-0.25, -0.2) is 19.7 Å². The topological polar surface area (TPSA) is 113 Å². The second kappa shape index (κ2) is 11.7. The van der Waals surface area contributed by atoms with Crippen molar-refractivity contribution in [3.63, 3.8) is 0 Å². The molecule has 1 aliphatic rings. The lowest BCUT2D eigenvalue weighted by Crippen LogP contribution is -2.35. The van der Waals surface area contributed by atoms with Gasteiger partial charge in [-0.3, -0.25) is 0 Å². The first-order valence-electron chi connectivity index (χ1n) is 11.8. The second-order valence-electron chi connectivity index (χ2n) is 8.47. The van der Waals surface area contributed by atoms with Crippen LogP contribution in [0.2, 0.25) is 0 Å². The predicted octanol–water partition coefficient (Wildman–Crippen LogP) is 3.52. The number of aliphatic carboxylic acids is 1. The molecule has 0 saturated heterocycles. The summed E-state index contributed by atoms with van der Waals surface area (Å²) < 4.78 is 0. The highest BCUT2D eigenvalue weighted by molar-refractivity contribution is 5.90. The van der Waals surface area contributed by atoms with E-state index in [1.54, 1.807) is 7.11 Å². The summed E-state index contributed by atoms with van der Waals surface area (Å²) in [6.45, 7) is 2.21. The van der Waals surface area contributed by atoms with E-state index in [2.05, 4.69) is 32.7 Å². The monoisotopic (exact) mass is 464 g/mol. The number of aryl methyl sites for hydroxylation is 2. The summed E-state index contributed by atoms with van der Waals surface area (Å²) in [5.41, 5.74) is 3.17. The van der Waals surface area contributed by atoms with Gasteiger partial charge in [-0.2, -0.15) is 5.06 Å². The van der Waals surface area contributed by atoms with Crippen molar-refractivity contribution in [3.05, 3.63) is 54.0 Å². The molecule has 0 spiro atoms. The lowest BCUT2D eigenvalue weighted by atomic mass is 10.1. The number of anilines is 2. The summed E-state index contributed by atoms with van der Waals surface area (Å²) >= 11 is 0. The van der Waals surface area contributed by atoms with E-state index >= 15 is 0 Å². The molecule has 34 heavy (non-hydrogen) atoms. The molecule has 2 aromatic heterocycles. The van der Waals surface area contributed by atoms with E-state index in [1.807, 2.05) is 29.3 Å². The average molecular weight is 465 g/mol. The van der Waals surface area contributed by atoms with Crippen LogP contribution in [0.3, 0.4) is 0 Å². The van der Waals surface area contributed by atoms with E-state index in [9.17, 15) is 9.90 Å². The fourth-order valence-corrected chi connectivity index (χ4v) is 4.21. The molecule has 9 nitrogen and oxygen atoms in total. The SMILES string of the molecule is CON(CCCCc1ccc2c(n1)NCCC2)CCC(Nc1ncnc2ccccc12)C(=O)O.